The maximum absolute atomic E-state index is 13.3. The van der Waals surface area contributed by atoms with Crippen LogP contribution < -0.4 is 0 Å². The van der Waals surface area contributed by atoms with E-state index >= 15 is 0 Å². The summed E-state index contributed by atoms with van der Waals surface area (Å²) in [5, 5.41) is 0. The number of aromatic amines is 1. The lowest BCUT2D eigenvalue weighted by molar-refractivity contribution is 0.618. The molecule has 4 heteroatoms. The fourth-order valence-electron chi connectivity index (χ4n) is 1.99. The monoisotopic (exact) mass is 260 g/mol. The molecule has 1 aliphatic rings. The molecular weight excluding hydrogens is 247 g/mol. The van der Waals surface area contributed by atoms with E-state index in [2.05, 4.69) is 9.97 Å². The normalized spacial score (nSPS) is 14.8. The van der Waals surface area contributed by atoms with Gasteiger partial charge in [-0.3, -0.25) is 0 Å². The number of benzene rings is 1. The van der Waals surface area contributed by atoms with Crippen molar-refractivity contribution < 1.29 is 4.39 Å². The molecule has 1 aromatic heterocycles. The van der Waals surface area contributed by atoms with E-state index in [1.165, 1.54) is 18.9 Å². The molecule has 1 N–H and O–H groups in total. The first-order chi connectivity index (χ1) is 8.63. The smallest absolute Gasteiger partial charge is 0.130 e. The van der Waals surface area contributed by atoms with Crippen molar-refractivity contribution in [3.05, 3.63) is 46.1 Å². The predicted octanol–water partition coefficient (Wildman–Crippen LogP) is 4.13. The summed E-state index contributed by atoms with van der Waals surface area (Å²) < 4.78 is 13.9. The van der Waals surface area contributed by atoms with Crippen LogP contribution >= 0.6 is 12.2 Å². The van der Waals surface area contributed by atoms with Crippen LogP contribution in [0.3, 0.4) is 0 Å². The number of nitrogens with one attached hydrogen (secondary N) is 1. The third kappa shape index (κ3) is 2.20. The number of halogens is 1. The van der Waals surface area contributed by atoms with E-state index in [1.807, 2.05) is 12.1 Å². The minimum atomic E-state index is -0.186. The summed E-state index contributed by atoms with van der Waals surface area (Å²) in [7, 11) is 0. The third-order valence-corrected chi connectivity index (χ3v) is 3.40. The Bertz CT molecular complexity index is 659. The molecule has 1 saturated carbocycles. The second kappa shape index (κ2) is 4.28. The zero-order valence-electron chi connectivity index (χ0n) is 10.0. The fraction of sp³-hybridized carbons (Fsp3) is 0.286. The van der Waals surface area contributed by atoms with Crippen molar-refractivity contribution in [3.63, 3.8) is 0 Å². The highest BCUT2D eigenvalue weighted by atomic mass is 32.1. The van der Waals surface area contributed by atoms with Crippen LogP contribution in [0.1, 0.15) is 30.1 Å². The maximum atomic E-state index is 13.3. The molecule has 0 atom stereocenters. The van der Waals surface area contributed by atoms with Crippen molar-refractivity contribution in [2.45, 2.75) is 25.7 Å². The fourth-order valence-corrected chi connectivity index (χ4v) is 2.21. The van der Waals surface area contributed by atoms with Gasteiger partial charge in [-0.2, -0.15) is 0 Å². The van der Waals surface area contributed by atoms with Gasteiger partial charge in [0.05, 0.1) is 0 Å². The van der Waals surface area contributed by atoms with Crippen LogP contribution in [0.5, 0.6) is 0 Å². The van der Waals surface area contributed by atoms with Crippen molar-refractivity contribution in [1.82, 2.24) is 9.97 Å². The van der Waals surface area contributed by atoms with Gasteiger partial charge in [0.1, 0.15) is 16.3 Å². The van der Waals surface area contributed by atoms with Gasteiger partial charge in [0.15, 0.2) is 0 Å². The predicted molar refractivity (Wildman–Crippen MR) is 71.5 cm³/mol. The number of nitrogens with zero attached hydrogens (tertiary/aromatic N) is 1. The molecule has 2 aromatic rings. The average molecular weight is 260 g/mol. The molecule has 2 nitrogen and oxygen atoms in total. The zero-order valence-corrected chi connectivity index (χ0v) is 10.9. The van der Waals surface area contributed by atoms with Crippen molar-refractivity contribution in [3.8, 4) is 11.3 Å². The van der Waals surface area contributed by atoms with E-state index in [1.54, 1.807) is 13.0 Å². The molecule has 1 aromatic carbocycles. The Morgan fingerprint density at radius 1 is 1.33 bits per heavy atom. The summed E-state index contributed by atoms with van der Waals surface area (Å²) in [6, 6.07) is 6.90. The molecule has 0 aliphatic heterocycles. The highest BCUT2D eigenvalue weighted by Gasteiger charge is 2.26. The quantitative estimate of drug-likeness (QED) is 0.822. The van der Waals surface area contributed by atoms with E-state index in [0.29, 0.717) is 16.1 Å². The number of hydrogen-bond acceptors (Lipinski definition) is 2. The van der Waals surface area contributed by atoms with Crippen molar-refractivity contribution in [1.29, 1.82) is 0 Å². The van der Waals surface area contributed by atoms with Crippen LogP contribution in [0.25, 0.3) is 11.3 Å². The molecule has 18 heavy (non-hydrogen) atoms. The lowest BCUT2D eigenvalue weighted by Crippen LogP contribution is -1.96. The van der Waals surface area contributed by atoms with Gasteiger partial charge >= 0.3 is 0 Å². The van der Waals surface area contributed by atoms with Crippen LogP contribution in [0, 0.1) is 17.4 Å². The summed E-state index contributed by atoms with van der Waals surface area (Å²) in [5.74, 6) is 1.29. The Kier molecular flexibility index (Phi) is 2.74. The van der Waals surface area contributed by atoms with Crippen LogP contribution in [0.15, 0.2) is 24.3 Å². The van der Waals surface area contributed by atoms with Crippen LogP contribution in [0.4, 0.5) is 4.39 Å². The van der Waals surface area contributed by atoms with Gasteiger partial charge in [0.2, 0.25) is 0 Å². The Labute approximate surface area is 110 Å². The Hall–Kier alpha value is -1.55. The van der Waals surface area contributed by atoms with Crippen LogP contribution in [-0.4, -0.2) is 9.97 Å². The Balaban J connectivity index is 2.09. The zero-order chi connectivity index (χ0) is 12.7. The lowest BCUT2D eigenvalue weighted by atomic mass is 10.1. The standard InChI is InChI=1S/C14H13FN2S/c1-8-6-10(4-5-11(8)15)12-7-13(18)17-14(16-12)9-2-3-9/h4-7,9H,2-3H2,1H3,(H,16,17,18). The highest BCUT2D eigenvalue weighted by molar-refractivity contribution is 7.71. The second-order valence-corrected chi connectivity index (χ2v) is 5.17. The van der Waals surface area contributed by atoms with Gasteiger partial charge in [-0.1, -0.05) is 12.2 Å². The van der Waals surface area contributed by atoms with Gasteiger partial charge in [0, 0.05) is 11.6 Å². The molecule has 92 valence electrons. The summed E-state index contributed by atoms with van der Waals surface area (Å²) in [6.45, 7) is 1.76. The summed E-state index contributed by atoms with van der Waals surface area (Å²) >= 11 is 5.19. The molecule has 1 heterocycles. The number of hydrogen-bond donors (Lipinski definition) is 1. The Morgan fingerprint density at radius 2 is 2.11 bits per heavy atom. The summed E-state index contributed by atoms with van der Waals surface area (Å²) in [6.07, 6.45) is 2.34. The van der Waals surface area contributed by atoms with E-state index in [4.69, 9.17) is 12.2 Å². The number of aryl methyl sites for hydroxylation is 1. The summed E-state index contributed by atoms with van der Waals surface area (Å²) in [5.41, 5.74) is 2.50. The molecule has 0 saturated heterocycles. The summed E-state index contributed by atoms with van der Waals surface area (Å²) in [4.78, 5) is 7.66. The van der Waals surface area contributed by atoms with E-state index in [-0.39, 0.29) is 5.82 Å². The van der Waals surface area contributed by atoms with Crippen LogP contribution in [0.2, 0.25) is 0 Å². The molecule has 3 rings (SSSR count). The first-order valence-electron chi connectivity index (χ1n) is 6.01. The highest BCUT2D eigenvalue weighted by Crippen LogP contribution is 2.38. The minimum absolute atomic E-state index is 0.186. The number of aromatic nitrogens is 2. The van der Waals surface area contributed by atoms with E-state index in [0.717, 1.165) is 17.1 Å². The molecular formula is C14H13FN2S. The first kappa shape index (κ1) is 11.5. The van der Waals surface area contributed by atoms with Crippen molar-refractivity contribution >= 4 is 12.2 Å². The largest absolute Gasteiger partial charge is 0.343 e. The van der Waals surface area contributed by atoms with Gasteiger partial charge in [-0.05, 0) is 55.2 Å². The van der Waals surface area contributed by atoms with Gasteiger partial charge in [-0.15, -0.1) is 0 Å². The molecule has 0 spiro atoms. The average Bonchev–Trinajstić information content (AvgIpc) is 3.16. The van der Waals surface area contributed by atoms with E-state index in [9.17, 15) is 4.39 Å². The molecule has 0 bridgehead atoms. The molecule has 0 unspecified atom stereocenters. The molecule has 0 radical (unpaired) electrons. The van der Waals surface area contributed by atoms with Gasteiger partial charge in [-0.25, -0.2) is 9.37 Å². The SMILES string of the molecule is Cc1cc(-c2cc(=S)nc(C3CC3)[nH]2)ccc1F. The molecule has 0 amide bonds. The van der Waals surface area contributed by atoms with Crippen LogP contribution in [-0.2, 0) is 0 Å². The Morgan fingerprint density at radius 3 is 2.78 bits per heavy atom. The second-order valence-electron chi connectivity index (χ2n) is 4.76. The van der Waals surface area contributed by atoms with Crippen molar-refractivity contribution in [2.75, 3.05) is 0 Å². The number of H-pyrrole nitrogens is 1. The van der Waals surface area contributed by atoms with E-state index < -0.39 is 0 Å². The molecule has 1 aliphatic carbocycles. The van der Waals surface area contributed by atoms with Crippen molar-refractivity contribution in [2.24, 2.45) is 0 Å². The lowest BCUT2D eigenvalue weighted by Gasteiger charge is -2.06. The minimum Gasteiger partial charge on any atom is -0.343 e. The maximum Gasteiger partial charge on any atom is 0.130 e. The molecule has 1 fully saturated rings. The third-order valence-electron chi connectivity index (χ3n) is 3.19. The van der Waals surface area contributed by atoms with Gasteiger partial charge < -0.3 is 4.98 Å². The number of rotatable bonds is 2. The topological polar surface area (TPSA) is 28.7 Å². The van der Waals surface area contributed by atoms with Gasteiger partial charge in [0.25, 0.3) is 0 Å². The first-order valence-corrected chi connectivity index (χ1v) is 6.42.